The van der Waals surface area contributed by atoms with Gasteiger partial charge in [0, 0.05) is 0 Å². The van der Waals surface area contributed by atoms with Crippen molar-refractivity contribution in [2.45, 2.75) is 19.8 Å². The van der Waals surface area contributed by atoms with Crippen LogP contribution in [0.25, 0.3) is 0 Å². The first-order valence-corrected chi connectivity index (χ1v) is 7.82. The maximum atomic E-state index is 5.35. The number of hydrogen-bond acceptors (Lipinski definition) is 3. The number of unbranched alkanes of at least 4 members (excludes halogenated alkanes) is 1. The normalized spacial score (nSPS) is 9.90. The van der Waals surface area contributed by atoms with Crippen LogP contribution in [-0.4, -0.2) is 20.8 Å². The third kappa shape index (κ3) is 5.53. The fraction of sp³-hybridized carbons (Fsp3) is 1.00. The molecule has 0 spiro atoms. The summed E-state index contributed by atoms with van der Waals surface area (Å²) in [5, 5.41) is 0. The van der Waals surface area contributed by atoms with E-state index in [9.17, 15) is 0 Å². The second-order valence-electron chi connectivity index (χ2n) is 1.86. The molecule has 10 heavy (non-hydrogen) atoms. The van der Waals surface area contributed by atoms with Gasteiger partial charge >= 0.3 is 71.9 Å². The molecule has 4 heteroatoms. The van der Waals surface area contributed by atoms with Crippen molar-refractivity contribution in [3.8, 4) is 0 Å². The Morgan fingerprint density at radius 1 is 1.20 bits per heavy atom. The van der Waals surface area contributed by atoms with E-state index in [2.05, 4.69) is 6.92 Å². The Labute approximate surface area is 72.0 Å². The van der Waals surface area contributed by atoms with E-state index in [0.717, 1.165) is 19.4 Å². The summed E-state index contributed by atoms with van der Waals surface area (Å²) in [5.74, 6) is 0. The van der Waals surface area contributed by atoms with E-state index < -0.39 is 22.7 Å². The van der Waals surface area contributed by atoms with Crippen LogP contribution < -0.4 is 0 Å². The van der Waals surface area contributed by atoms with E-state index in [4.69, 9.17) is 8.56 Å². The molecule has 0 unspecified atom stereocenters. The molecular formula is C6H15HfO3. The fourth-order valence-corrected chi connectivity index (χ4v) is 3.06. The van der Waals surface area contributed by atoms with Gasteiger partial charge in [-0.1, -0.05) is 0 Å². The van der Waals surface area contributed by atoms with Gasteiger partial charge in [-0.3, -0.25) is 0 Å². The molecule has 0 saturated heterocycles. The van der Waals surface area contributed by atoms with Gasteiger partial charge in [-0.05, 0) is 0 Å². The maximum absolute atomic E-state index is 5.35. The van der Waals surface area contributed by atoms with Crippen molar-refractivity contribution in [2.75, 3.05) is 20.8 Å². The van der Waals surface area contributed by atoms with E-state index >= 15 is 0 Å². The Kier molecular flexibility index (Phi) is 8.44. The Hall–Kier alpha value is 0.750. The van der Waals surface area contributed by atoms with Crippen LogP contribution in [-0.2, 0) is 31.3 Å². The summed E-state index contributed by atoms with van der Waals surface area (Å²) < 4.78 is 15.4. The molecule has 0 aromatic rings. The standard InChI is InChI=1S/C4H9O.2CH3O.Hf/c1-2-3-4-5;2*1-2;/h2-4H2,1H3;2*1H3;/q3*-1;+3. The van der Waals surface area contributed by atoms with Crippen molar-refractivity contribution in [3.63, 3.8) is 0 Å². The van der Waals surface area contributed by atoms with Crippen molar-refractivity contribution in [1.29, 1.82) is 0 Å². The minimum atomic E-state index is -2.38. The molecule has 0 fully saturated rings. The molecule has 0 aromatic carbocycles. The molecule has 0 saturated carbocycles. The molecule has 0 bridgehead atoms. The van der Waals surface area contributed by atoms with E-state index in [0.29, 0.717) is 0 Å². The van der Waals surface area contributed by atoms with Gasteiger partial charge in [0.2, 0.25) is 0 Å². The van der Waals surface area contributed by atoms with Crippen LogP contribution in [0.2, 0.25) is 0 Å². The molecule has 0 aliphatic carbocycles. The second-order valence-corrected chi connectivity index (χ2v) is 7.63. The number of rotatable bonds is 6. The van der Waals surface area contributed by atoms with Crippen LogP contribution in [0.5, 0.6) is 0 Å². The van der Waals surface area contributed by atoms with Gasteiger partial charge in [0.05, 0.1) is 0 Å². The van der Waals surface area contributed by atoms with Gasteiger partial charge < -0.3 is 0 Å². The summed E-state index contributed by atoms with van der Waals surface area (Å²) in [6.07, 6.45) is 2.26. The summed E-state index contributed by atoms with van der Waals surface area (Å²) in [6, 6.07) is 0. The van der Waals surface area contributed by atoms with Crippen LogP contribution in [0.15, 0.2) is 0 Å². The van der Waals surface area contributed by atoms with E-state index in [-0.39, 0.29) is 0 Å². The van der Waals surface area contributed by atoms with Gasteiger partial charge in [0.15, 0.2) is 0 Å². The second kappa shape index (κ2) is 7.85. The quantitative estimate of drug-likeness (QED) is 0.549. The van der Waals surface area contributed by atoms with Crippen LogP contribution in [0.4, 0.5) is 0 Å². The summed E-state index contributed by atoms with van der Waals surface area (Å²) in [6.45, 7) is 2.92. The molecule has 0 aromatic heterocycles. The summed E-state index contributed by atoms with van der Waals surface area (Å²) in [4.78, 5) is 0. The Morgan fingerprint density at radius 2 is 1.80 bits per heavy atom. The first kappa shape index (κ1) is 10.8. The molecule has 0 aliphatic rings. The SMILES string of the molecule is CCCC[O][Hf]([O]C)[O]C. The first-order chi connectivity index (χ1) is 4.85. The molecule has 0 heterocycles. The molecule has 0 radical (unpaired) electrons. The van der Waals surface area contributed by atoms with Gasteiger partial charge in [-0.2, -0.15) is 0 Å². The fourth-order valence-electron chi connectivity index (χ4n) is 0.501. The van der Waals surface area contributed by atoms with Crippen molar-refractivity contribution in [3.05, 3.63) is 0 Å². The van der Waals surface area contributed by atoms with Gasteiger partial charge in [0.1, 0.15) is 0 Å². The topological polar surface area (TPSA) is 27.7 Å². The Morgan fingerprint density at radius 3 is 2.20 bits per heavy atom. The summed E-state index contributed by atoms with van der Waals surface area (Å²) >= 11 is -2.38. The van der Waals surface area contributed by atoms with Crippen molar-refractivity contribution in [2.24, 2.45) is 0 Å². The van der Waals surface area contributed by atoms with Crippen LogP contribution >= 0.6 is 0 Å². The Bertz CT molecular complexity index is 66.0. The van der Waals surface area contributed by atoms with Crippen molar-refractivity contribution in [1.82, 2.24) is 0 Å². The van der Waals surface area contributed by atoms with E-state index in [1.54, 1.807) is 14.2 Å². The average Bonchev–Trinajstić information content (AvgIpc) is 1.99. The molecule has 61 valence electrons. The molecule has 0 aliphatic heterocycles. The zero-order valence-electron chi connectivity index (χ0n) is 6.85. The van der Waals surface area contributed by atoms with Gasteiger partial charge in [0.25, 0.3) is 0 Å². The predicted molar refractivity (Wildman–Crippen MR) is 34.9 cm³/mol. The van der Waals surface area contributed by atoms with Crippen LogP contribution in [0, 0.1) is 0 Å². The molecule has 0 rings (SSSR count). The Balaban J connectivity index is 3.09. The molecule has 0 atom stereocenters. The minimum absolute atomic E-state index is 0.792. The predicted octanol–water partition coefficient (Wildman–Crippen LogP) is 1.46. The van der Waals surface area contributed by atoms with E-state index in [1.807, 2.05) is 0 Å². The van der Waals surface area contributed by atoms with Gasteiger partial charge in [-0.25, -0.2) is 0 Å². The van der Waals surface area contributed by atoms with Gasteiger partial charge in [-0.15, -0.1) is 0 Å². The molecular weight excluding hydrogens is 299 g/mol. The van der Waals surface area contributed by atoms with Crippen molar-refractivity contribution < 1.29 is 31.3 Å². The zero-order chi connectivity index (χ0) is 7.82. The van der Waals surface area contributed by atoms with Crippen LogP contribution in [0.3, 0.4) is 0 Å². The molecule has 3 nitrogen and oxygen atoms in total. The van der Waals surface area contributed by atoms with E-state index in [1.165, 1.54) is 0 Å². The monoisotopic (exact) mass is 315 g/mol. The van der Waals surface area contributed by atoms with Crippen molar-refractivity contribution >= 4 is 0 Å². The first-order valence-electron chi connectivity index (χ1n) is 3.42. The zero-order valence-corrected chi connectivity index (χ0v) is 10.4. The molecule has 0 N–H and O–H groups in total. The third-order valence-corrected chi connectivity index (χ3v) is 5.03. The summed E-state index contributed by atoms with van der Waals surface area (Å²) in [7, 11) is 3.30. The van der Waals surface area contributed by atoms with Crippen LogP contribution in [0.1, 0.15) is 19.8 Å². The molecule has 0 amide bonds. The summed E-state index contributed by atoms with van der Waals surface area (Å²) in [5.41, 5.74) is 0. The third-order valence-electron chi connectivity index (χ3n) is 1.05. The number of hydrogen-bond donors (Lipinski definition) is 0. The average molecular weight is 314 g/mol.